The van der Waals surface area contributed by atoms with E-state index >= 15 is 0 Å². The SMILES string of the molecule is CC(C)N1C(=O)c2ccc(C(=O)Nc3cnc(-c4cccc(O)c4)nc3)cc2S1(=O)=O. The van der Waals surface area contributed by atoms with Crippen molar-refractivity contribution >= 4 is 27.5 Å². The van der Waals surface area contributed by atoms with Crippen molar-refractivity contribution in [3.63, 3.8) is 0 Å². The smallest absolute Gasteiger partial charge is 0.269 e. The van der Waals surface area contributed by atoms with Crippen molar-refractivity contribution in [2.75, 3.05) is 5.32 Å². The van der Waals surface area contributed by atoms with Crippen LogP contribution in [0.1, 0.15) is 34.6 Å². The minimum atomic E-state index is -4.00. The minimum Gasteiger partial charge on any atom is -0.508 e. The zero-order valence-corrected chi connectivity index (χ0v) is 17.4. The van der Waals surface area contributed by atoms with Crippen molar-refractivity contribution in [3.05, 3.63) is 66.0 Å². The van der Waals surface area contributed by atoms with Crippen LogP contribution in [0.3, 0.4) is 0 Å². The molecule has 31 heavy (non-hydrogen) atoms. The van der Waals surface area contributed by atoms with Crippen molar-refractivity contribution in [1.29, 1.82) is 0 Å². The normalized spacial score (nSPS) is 14.5. The number of carbonyl (C=O) groups excluding carboxylic acids is 2. The van der Waals surface area contributed by atoms with Crippen molar-refractivity contribution in [3.8, 4) is 17.1 Å². The van der Waals surface area contributed by atoms with Crippen LogP contribution in [-0.4, -0.2) is 45.7 Å². The summed E-state index contributed by atoms with van der Waals surface area (Å²) in [6.07, 6.45) is 2.80. The summed E-state index contributed by atoms with van der Waals surface area (Å²) < 4.78 is 26.2. The Morgan fingerprint density at radius 2 is 1.81 bits per heavy atom. The van der Waals surface area contributed by atoms with E-state index in [0.29, 0.717) is 17.1 Å². The zero-order chi connectivity index (χ0) is 22.3. The van der Waals surface area contributed by atoms with Gasteiger partial charge in [0.15, 0.2) is 5.82 Å². The maximum Gasteiger partial charge on any atom is 0.269 e. The minimum absolute atomic E-state index is 0.0454. The number of sulfonamides is 1. The van der Waals surface area contributed by atoms with Crippen molar-refractivity contribution in [1.82, 2.24) is 14.3 Å². The van der Waals surface area contributed by atoms with Gasteiger partial charge in [0.2, 0.25) is 0 Å². The van der Waals surface area contributed by atoms with Crippen LogP contribution >= 0.6 is 0 Å². The molecule has 0 saturated carbocycles. The molecule has 3 aromatic rings. The number of amides is 2. The lowest BCUT2D eigenvalue weighted by Gasteiger charge is -2.18. The highest BCUT2D eigenvalue weighted by Crippen LogP contribution is 2.32. The molecule has 0 bridgehead atoms. The fraction of sp³-hybridized carbons (Fsp3) is 0.143. The predicted molar refractivity (Wildman–Crippen MR) is 112 cm³/mol. The molecule has 1 aromatic heterocycles. The number of fused-ring (bicyclic) bond motifs is 1. The Labute approximate surface area is 178 Å². The number of carbonyl (C=O) groups is 2. The maximum absolute atomic E-state index is 12.7. The highest BCUT2D eigenvalue weighted by molar-refractivity contribution is 7.90. The summed E-state index contributed by atoms with van der Waals surface area (Å²) in [5.41, 5.74) is 1.04. The Morgan fingerprint density at radius 1 is 1.10 bits per heavy atom. The summed E-state index contributed by atoms with van der Waals surface area (Å²) >= 11 is 0. The molecular formula is C21H18N4O5S. The number of nitrogens with zero attached hydrogens (tertiary/aromatic N) is 3. The second-order valence-electron chi connectivity index (χ2n) is 7.21. The molecule has 0 radical (unpaired) electrons. The Kier molecular flexibility index (Phi) is 4.94. The summed E-state index contributed by atoms with van der Waals surface area (Å²) in [5, 5.41) is 12.2. The first-order chi connectivity index (χ1) is 14.7. The highest BCUT2D eigenvalue weighted by Gasteiger charge is 2.42. The molecule has 1 aliphatic heterocycles. The Bertz CT molecular complexity index is 1300. The van der Waals surface area contributed by atoms with E-state index in [1.54, 1.807) is 26.0 Å². The number of phenolic OH excluding ortho intramolecular Hbond substituents is 1. The molecule has 4 rings (SSSR count). The number of hydrogen-bond donors (Lipinski definition) is 2. The van der Waals surface area contributed by atoms with Crippen LogP contribution in [0.2, 0.25) is 0 Å². The lowest BCUT2D eigenvalue weighted by molar-refractivity contribution is 0.0846. The van der Waals surface area contributed by atoms with Crippen molar-refractivity contribution in [2.24, 2.45) is 0 Å². The Balaban J connectivity index is 1.57. The third-order valence-electron chi connectivity index (χ3n) is 4.69. The van der Waals surface area contributed by atoms with E-state index in [1.807, 2.05) is 0 Å². The number of aromatic nitrogens is 2. The molecule has 158 valence electrons. The summed E-state index contributed by atoms with van der Waals surface area (Å²) in [7, 11) is -4.00. The zero-order valence-electron chi connectivity index (χ0n) is 16.6. The van der Waals surface area contributed by atoms with Crippen LogP contribution in [0.4, 0.5) is 5.69 Å². The number of benzene rings is 2. The van der Waals surface area contributed by atoms with Crippen LogP contribution < -0.4 is 5.32 Å². The van der Waals surface area contributed by atoms with Gasteiger partial charge >= 0.3 is 0 Å². The van der Waals surface area contributed by atoms with Crippen LogP contribution in [0.5, 0.6) is 5.75 Å². The van der Waals surface area contributed by atoms with E-state index in [9.17, 15) is 23.1 Å². The molecule has 10 heteroatoms. The molecule has 2 aromatic carbocycles. The van der Waals surface area contributed by atoms with Gasteiger partial charge in [-0.1, -0.05) is 12.1 Å². The van der Waals surface area contributed by atoms with E-state index in [0.717, 1.165) is 4.31 Å². The molecule has 0 fully saturated rings. The number of phenols is 1. The van der Waals surface area contributed by atoms with Crippen LogP contribution in [0.15, 0.2) is 59.8 Å². The lowest BCUT2D eigenvalue weighted by atomic mass is 10.1. The van der Waals surface area contributed by atoms with Gasteiger partial charge in [0.05, 0.1) is 23.6 Å². The van der Waals surface area contributed by atoms with Gasteiger partial charge < -0.3 is 10.4 Å². The summed E-state index contributed by atoms with van der Waals surface area (Å²) in [6.45, 7) is 3.21. The number of aromatic hydroxyl groups is 1. The quantitative estimate of drug-likeness (QED) is 0.640. The fourth-order valence-electron chi connectivity index (χ4n) is 3.29. The molecule has 1 aliphatic rings. The van der Waals surface area contributed by atoms with Gasteiger partial charge in [0, 0.05) is 17.2 Å². The number of nitrogens with one attached hydrogen (secondary N) is 1. The van der Waals surface area contributed by atoms with E-state index in [-0.39, 0.29) is 21.8 Å². The first-order valence-electron chi connectivity index (χ1n) is 9.34. The monoisotopic (exact) mass is 438 g/mol. The summed E-state index contributed by atoms with van der Waals surface area (Å²) in [5.74, 6) is -0.723. The molecule has 0 atom stereocenters. The third-order valence-corrected chi connectivity index (χ3v) is 6.69. The van der Waals surface area contributed by atoms with Gasteiger partial charge in [-0.25, -0.2) is 22.7 Å². The molecule has 9 nitrogen and oxygen atoms in total. The van der Waals surface area contributed by atoms with Crippen molar-refractivity contribution in [2.45, 2.75) is 24.8 Å². The van der Waals surface area contributed by atoms with Gasteiger partial charge in [0.1, 0.15) is 10.6 Å². The summed E-state index contributed by atoms with van der Waals surface area (Å²) in [6, 6.07) is 9.84. The average Bonchev–Trinajstić information content (AvgIpc) is 2.93. The van der Waals surface area contributed by atoms with E-state index < -0.39 is 27.9 Å². The molecule has 2 heterocycles. The predicted octanol–water partition coefficient (Wildman–Crippen LogP) is 2.65. The lowest BCUT2D eigenvalue weighted by Crippen LogP contribution is -2.36. The van der Waals surface area contributed by atoms with Gasteiger partial charge in [0.25, 0.3) is 21.8 Å². The van der Waals surface area contributed by atoms with Crippen LogP contribution in [0, 0.1) is 0 Å². The third kappa shape index (κ3) is 3.61. The summed E-state index contributed by atoms with van der Waals surface area (Å²) in [4.78, 5) is 33.2. The number of anilines is 1. The van der Waals surface area contributed by atoms with Gasteiger partial charge in [-0.05, 0) is 44.2 Å². The van der Waals surface area contributed by atoms with E-state index in [1.165, 1.54) is 42.7 Å². The second-order valence-corrected chi connectivity index (χ2v) is 8.99. The molecule has 0 aliphatic carbocycles. The molecule has 2 N–H and O–H groups in total. The molecule has 0 spiro atoms. The Hall–Kier alpha value is -3.79. The molecule has 0 saturated heterocycles. The topological polar surface area (TPSA) is 130 Å². The van der Waals surface area contributed by atoms with Crippen molar-refractivity contribution < 1.29 is 23.1 Å². The first kappa shape index (κ1) is 20.5. The Morgan fingerprint density at radius 3 is 2.45 bits per heavy atom. The average molecular weight is 438 g/mol. The van der Waals surface area contributed by atoms with Gasteiger partial charge in [-0.2, -0.15) is 0 Å². The van der Waals surface area contributed by atoms with E-state index in [4.69, 9.17) is 0 Å². The van der Waals surface area contributed by atoms with Gasteiger partial charge in [-0.15, -0.1) is 0 Å². The van der Waals surface area contributed by atoms with Gasteiger partial charge in [-0.3, -0.25) is 9.59 Å². The largest absolute Gasteiger partial charge is 0.508 e. The fourth-order valence-corrected chi connectivity index (χ4v) is 5.08. The van der Waals surface area contributed by atoms with Crippen LogP contribution in [0.25, 0.3) is 11.4 Å². The molecular weight excluding hydrogens is 420 g/mol. The van der Waals surface area contributed by atoms with Crippen LogP contribution in [-0.2, 0) is 10.0 Å². The maximum atomic E-state index is 12.7. The number of hydrogen-bond acceptors (Lipinski definition) is 7. The first-order valence-corrected chi connectivity index (χ1v) is 10.8. The second kappa shape index (κ2) is 7.47. The molecule has 0 unspecified atom stereocenters. The number of rotatable bonds is 4. The van der Waals surface area contributed by atoms with E-state index in [2.05, 4.69) is 15.3 Å². The molecule has 2 amide bonds. The standard InChI is InChI=1S/C21H18N4O5S/c1-12(2)25-21(28)17-7-6-14(9-18(17)31(25,29)30)20(27)24-15-10-22-19(23-11-15)13-4-3-5-16(26)8-13/h3-12,26H,1-2H3,(H,24,27). The highest BCUT2D eigenvalue weighted by atomic mass is 32.2.